The number of rotatable bonds is 5. The predicted octanol–water partition coefficient (Wildman–Crippen LogP) is 2.54. The average Bonchev–Trinajstić information content (AvgIpc) is 2.23. The fraction of sp³-hybridized carbons (Fsp3) is 0.364. The fourth-order valence-corrected chi connectivity index (χ4v) is 1.72. The number of nitrogens with one attached hydrogen (secondary N) is 1. The minimum absolute atomic E-state index is 0.325. The first-order valence-corrected chi connectivity index (χ1v) is 5.74. The second kappa shape index (κ2) is 5.96. The summed E-state index contributed by atoms with van der Waals surface area (Å²) in [6.07, 6.45) is 0.512. The molecule has 5 heteroatoms. The Kier molecular flexibility index (Phi) is 4.89. The normalized spacial score (nSPS) is 12.4. The number of aliphatic carboxylic acids is 1. The summed E-state index contributed by atoms with van der Waals surface area (Å²) < 4.78 is 13.3. The molecule has 3 nitrogen and oxygen atoms in total. The molecule has 1 rings (SSSR count). The van der Waals surface area contributed by atoms with Gasteiger partial charge in [-0.15, -0.1) is 0 Å². The maximum atomic E-state index is 12.9. The Hall–Kier alpha value is -0.940. The maximum absolute atomic E-state index is 12.9. The van der Waals surface area contributed by atoms with E-state index in [4.69, 9.17) is 5.11 Å². The third-order valence-corrected chi connectivity index (χ3v) is 2.85. The van der Waals surface area contributed by atoms with E-state index in [2.05, 4.69) is 21.2 Å². The zero-order chi connectivity index (χ0) is 12.1. The van der Waals surface area contributed by atoms with Gasteiger partial charge in [0.1, 0.15) is 11.9 Å². The van der Waals surface area contributed by atoms with E-state index in [1.165, 1.54) is 6.07 Å². The summed E-state index contributed by atoms with van der Waals surface area (Å²) in [5.74, 6) is -1.20. The second-order valence-electron chi connectivity index (χ2n) is 3.43. The van der Waals surface area contributed by atoms with E-state index in [1.54, 1.807) is 19.1 Å². The monoisotopic (exact) mass is 289 g/mol. The van der Waals surface area contributed by atoms with Gasteiger partial charge in [-0.25, -0.2) is 4.39 Å². The molecule has 0 spiro atoms. The Labute approximate surface area is 102 Å². The highest BCUT2D eigenvalue weighted by molar-refractivity contribution is 9.10. The first kappa shape index (κ1) is 13.1. The number of hydrogen-bond acceptors (Lipinski definition) is 2. The summed E-state index contributed by atoms with van der Waals surface area (Å²) in [5.41, 5.74) is 0.841. The van der Waals surface area contributed by atoms with Gasteiger partial charge in [-0.3, -0.25) is 4.79 Å². The van der Waals surface area contributed by atoms with Crippen molar-refractivity contribution in [1.82, 2.24) is 5.32 Å². The molecule has 1 aromatic carbocycles. The molecule has 2 N–H and O–H groups in total. The van der Waals surface area contributed by atoms with E-state index in [9.17, 15) is 9.18 Å². The quantitative estimate of drug-likeness (QED) is 0.876. The molecular formula is C11H13BrFNO2. The second-order valence-corrected chi connectivity index (χ2v) is 4.28. The summed E-state index contributed by atoms with van der Waals surface area (Å²) >= 11 is 3.08. The van der Waals surface area contributed by atoms with Gasteiger partial charge in [-0.2, -0.15) is 0 Å². The summed E-state index contributed by atoms with van der Waals surface area (Å²) in [5, 5.41) is 11.7. The zero-order valence-corrected chi connectivity index (χ0v) is 10.4. The van der Waals surface area contributed by atoms with Gasteiger partial charge < -0.3 is 10.4 Å². The van der Waals surface area contributed by atoms with Gasteiger partial charge in [0.05, 0.1) is 4.47 Å². The molecule has 0 heterocycles. The molecule has 1 unspecified atom stereocenters. The molecule has 0 fully saturated rings. The molecule has 0 bridgehead atoms. The average molecular weight is 290 g/mol. The van der Waals surface area contributed by atoms with Crippen molar-refractivity contribution in [3.63, 3.8) is 0 Å². The van der Waals surface area contributed by atoms with Crippen LogP contribution in [0.25, 0.3) is 0 Å². The lowest BCUT2D eigenvalue weighted by atomic mass is 10.2. The van der Waals surface area contributed by atoms with E-state index in [0.717, 1.165) is 5.56 Å². The van der Waals surface area contributed by atoms with Crippen molar-refractivity contribution in [2.45, 2.75) is 25.9 Å². The van der Waals surface area contributed by atoms with E-state index in [0.29, 0.717) is 17.4 Å². The van der Waals surface area contributed by atoms with Gasteiger partial charge >= 0.3 is 5.97 Å². The molecule has 0 radical (unpaired) electrons. The van der Waals surface area contributed by atoms with Gasteiger partial charge in [-0.1, -0.05) is 13.0 Å². The number of halogens is 2. The van der Waals surface area contributed by atoms with Crippen molar-refractivity contribution < 1.29 is 14.3 Å². The van der Waals surface area contributed by atoms with Crippen molar-refractivity contribution in [3.8, 4) is 0 Å². The van der Waals surface area contributed by atoms with Crippen LogP contribution in [0.3, 0.4) is 0 Å². The number of carboxylic acid groups (broad SMARTS) is 1. The summed E-state index contributed by atoms with van der Waals surface area (Å²) in [6.45, 7) is 2.20. The number of hydrogen-bond donors (Lipinski definition) is 2. The largest absolute Gasteiger partial charge is 0.480 e. The summed E-state index contributed by atoms with van der Waals surface area (Å²) in [4.78, 5) is 10.7. The van der Waals surface area contributed by atoms with Crippen LogP contribution in [-0.4, -0.2) is 17.1 Å². The lowest BCUT2D eigenvalue weighted by molar-refractivity contribution is -0.139. The molecule has 1 atom stereocenters. The molecule has 0 aliphatic rings. The van der Waals surface area contributed by atoms with E-state index >= 15 is 0 Å². The van der Waals surface area contributed by atoms with E-state index < -0.39 is 12.0 Å². The van der Waals surface area contributed by atoms with Crippen LogP contribution in [0, 0.1) is 5.82 Å². The first-order chi connectivity index (χ1) is 7.54. The first-order valence-electron chi connectivity index (χ1n) is 4.94. The number of carboxylic acids is 1. The SMILES string of the molecule is CCC(NCc1ccc(F)c(Br)c1)C(=O)O. The molecule has 1 aromatic rings. The van der Waals surface area contributed by atoms with Crippen LogP contribution >= 0.6 is 15.9 Å². The molecule has 0 saturated carbocycles. The van der Waals surface area contributed by atoms with Crippen molar-refractivity contribution in [2.24, 2.45) is 0 Å². The van der Waals surface area contributed by atoms with Crippen LogP contribution in [0.15, 0.2) is 22.7 Å². The number of carbonyl (C=O) groups is 1. The predicted molar refractivity (Wildman–Crippen MR) is 62.7 cm³/mol. The molecule has 0 saturated heterocycles. The Bertz CT molecular complexity index is 384. The van der Waals surface area contributed by atoms with Gasteiger partial charge in [0.15, 0.2) is 0 Å². The third kappa shape index (κ3) is 3.57. The van der Waals surface area contributed by atoms with Crippen LogP contribution in [0.4, 0.5) is 4.39 Å². The highest BCUT2D eigenvalue weighted by Gasteiger charge is 2.13. The topological polar surface area (TPSA) is 49.3 Å². The molecule has 0 amide bonds. The Morgan fingerprint density at radius 2 is 2.31 bits per heavy atom. The maximum Gasteiger partial charge on any atom is 0.320 e. The van der Waals surface area contributed by atoms with Crippen LogP contribution in [0.5, 0.6) is 0 Å². The lowest BCUT2D eigenvalue weighted by Gasteiger charge is -2.12. The van der Waals surface area contributed by atoms with Crippen LogP contribution in [-0.2, 0) is 11.3 Å². The van der Waals surface area contributed by atoms with Gasteiger partial charge in [-0.05, 0) is 40.0 Å². The highest BCUT2D eigenvalue weighted by atomic mass is 79.9. The van der Waals surface area contributed by atoms with Gasteiger partial charge in [0.2, 0.25) is 0 Å². The molecular weight excluding hydrogens is 277 g/mol. The van der Waals surface area contributed by atoms with Gasteiger partial charge in [0, 0.05) is 6.54 Å². The molecule has 0 aromatic heterocycles. The van der Waals surface area contributed by atoms with Crippen LogP contribution in [0.2, 0.25) is 0 Å². The third-order valence-electron chi connectivity index (χ3n) is 2.24. The van der Waals surface area contributed by atoms with E-state index in [1.807, 2.05) is 0 Å². The van der Waals surface area contributed by atoms with Crippen LogP contribution in [0.1, 0.15) is 18.9 Å². The van der Waals surface area contributed by atoms with Crippen molar-refractivity contribution in [1.29, 1.82) is 0 Å². The lowest BCUT2D eigenvalue weighted by Crippen LogP contribution is -2.35. The van der Waals surface area contributed by atoms with Crippen molar-refractivity contribution in [3.05, 3.63) is 34.1 Å². The minimum atomic E-state index is -0.872. The van der Waals surface area contributed by atoms with Gasteiger partial charge in [0.25, 0.3) is 0 Å². The Balaban J connectivity index is 2.60. The fourth-order valence-electron chi connectivity index (χ4n) is 1.30. The summed E-state index contributed by atoms with van der Waals surface area (Å²) in [6, 6.07) is 4.05. The summed E-state index contributed by atoms with van der Waals surface area (Å²) in [7, 11) is 0. The van der Waals surface area contributed by atoms with E-state index in [-0.39, 0.29) is 5.82 Å². The van der Waals surface area contributed by atoms with Crippen LogP contribution < -0.4 is 5.32 Å². The standard InChI is InChI=1S/C11H13BrFNO2/c1-2-10(11(15)16)14-6-7-3-4-9(13)8(12)5-7/h3-5,10,14H,2,6H2,1H3,(H,15,16). The Morgan fingerprint density at radius 1 is 1.62 bits per heavy atom. The molecule has 16 heavy (non-hydrogen) atoms. The zero-order valence-electron chi connectivity index (χ0n) is 8.84. The molecule has 88 valence electrons. The Morgan fingerprint density at radius 3 is 2.81 bits per heavy atom. The minimum Gasteiger partial charge on any atom is -0.480 e. The van der Waals surface area contributed by atoms with Crippen molar-refractivity contribution >= 4 is 21.9 Å². The smallest absolute Gasteiger partial charge is 0.320 e. The molecule has 0 aliphatic heterocycles. The molecule has 0 aliphatic carbocycles. The van der Waals surface area contributed by atoms with Crippen molar-refractivity contribution in [2.75, 3.05) is 0 Å². The highest BCUT2D eigenvalue weighted by Crippen LogP contribution is 2.16. The number of benzene rings is 1.